The summed E-state index contributed by atoms with van der Waals surface area (Å²) in [5.41, 5.74) is 0.0375. The minimum atomic E-state index is -3.84. The predicted molar refractivity (Wildman–Crippen MR) is 116 cm³/mol. The number of hydrogen-bond donors (Lipinski definition) is 0. The van der Waals surface area contributed by atoms with E-state index in [0.717, 1.165) is 25.7 Å². The van der Waals surface area contributed by atoms with Gasteiger partial charge in [-0.05, 0) is 50.8 Å². The Bertz CT molecular complexity index is 870. The number of rotatable bonds is 8. The normalized spacial score (nSPS) is 18.3. The van der Waals surface area contributed by atoms with Crippen LogP contribution >= 0.6 is 11.6 Å². The van der Waals surface area contributed by atoms with Crippen LogP contribution in [0, 0.1) is 0 Å². The number of ether oxygens (including phenoxy) is 1. The lowest BCUT2D eigenvalue weighted by atomic mass is 9.99. The highest BCUT2D eigenvalue weighted by atomic mass is 35.5. The molecule has 0 aromatic heterocycles. The van der Waals surface area contributed by atoms with Gasteiger partial charge in [-0.25, -0.2) is 13.2 Å². The molecule has 7 nitrogen and oxygen atoms in total. The first kappa shape index (κ1) is 24.6. The number of carbonyl (C=O) groups is 2. The maximum Gasteiger partial charge on any atom is 0.338 e. The van der Waals surface area contributed by atoms with E-state index in [9.17, 15) is 18.0 Å². The van der Waals surface area contributed by atoms with E-state index in [1.54, 1.807) is 25.7 Å². The Morgan fingerprint density at radius 2 is 1.90 bits per heavy atom. The predicted octanol–water partition coefficient (Wildman–Crippen LogP) is 3.71. The number of hydrogen-bond acceptors (Lipinski definition) is 5. The van der Waals surface area contributed by atoms with Crippen LogP contribution in [0.25, 0.3) is 0 Å². The molecule has 1 saturated heterocycles. The summed E-state index contributed by atoms with van der Waals surface area (Å²) in [4.78, 5) is 27.1. The van der Waals surface area contributed by atoms with Crippen molar-refractivity contribution in [2.45, 2.75) is 70.4 Å². The van der Waals surface area contributed by atoms with E-state index in [1.807, 2.05) is 6.92 Å². The van der Waals surface area contributed by atoms with Gasteiger partial charge < -0.3 is 9.64 Å². The molecule has 0 radical (unpaired) electrons. The second-order valence-corrected chi connectivity index (χ2v) is 9.69. The van der Waals surface area contributed by atoms with E-state index in [0.29, 0.717) is 6.54 Å². The Morgan fingerprint density at radius 3 is 2.50 bits per heavy atom. The molecular weight excluding hydrogens is 428 g/mol. The van der Waals surface area contributed by atoms with E-state index in [4.69, 9.17) is 16.3 Å². The van der Waals surface area contributed by atoms with Crippen molar-refractivity contribution in [1.29, 1.82) is 0 Å². The van der Waals surface area contributed by atoms with Crippen molar-refractivity contribution in [2.75, 3.05) is 19.6 Å². The fourth-order valence-corrected chi connectivity index (χ4v) is 5.72. The Morgan fingerprint density at radius 1 is 1.23 bits per heavy atom. The molecule has 0 saturated carbocycles. The van der Waals surface area contributed by atoms with Gasteiger partial charge in [0, 0.05) is 25.7 Å². The third-order valence-corrected chi connectivity index (χ3v) is 8.03. The van der Waals surface area contributed by atoms with Gasteiger partial charge in [0.25, 0.3) is 5.91 Å². The van der Waals surface area contributed by atoms with Crippen LogP contribution in [0.5, 0.6) is 0 Å². The molecule has 1 heterocycles. The highest BCUT2D eigenvalue weighted by Gasteiger charge is 2.31. The Balaban J connectivity index is 2.20. The molecule has 2 atom stereocenters. The summed E-state index contributed by atoms with van der Waals surface area (Å²) < 4.78 is 32.3. The number of esters is 1. The van der Waals surface area contributed by atoms with Gasteiger partial charge >= 0.3 is 5.97 Å². The van der Waals surface area contributed by atoms with Crippen LogP contribution in [0.1, 0.15) is 63.7 Å². The summed E-state index contributed by atoms with van der Waals surface area (Å²) >= 11 is 6.11. The lowest BCUT2D eigenvalue weighted by Gasteiger charge is -2.36. The van der Waals surface area contributed by atoms with Crippen molar-refractivity contribution < 1.29 is 22.7 Å². The van der Waals surface area contributed by atoms with Crippen LogP contribution in [0.15, 0.2) is 23.1 Å². The maximum atomic E-state index is 12.8. The monoisotopic (exact) mass is 458 g/mol. The van der Waals surface area contributed by atoms with E-state index in [2.05, 4.69) is 0 Å². The number of carbonyl (C=O) groups excluding carboxylic acids is 2. The standard InChI is InChI=1S/C21H31ClN2O5S/c1-5-17-10-8-9-13-24(17)20(25)15(4)29-21(26)16-11-12-18(22)19(14-16)30(27,28)23(6-2)7-3/h11-12,14-15,17H,5-10,13H2,1-4H3. The number of piperidine rings is 1. The number of amides is 1. The number of likely N-dealkylation sites (tertiary alicyclic amines) is 1. The Labute approximate surface area is 184 Å². The lowest BCUT2D eigenvalue weighted by Crippen LogP contribution is -2.48. The molecule has 30 heavy (non-hydrogen) atoms. The second kappa shape index (κ2) is 10.6. The summed E-state index contributed by atoms with van der Waals surface area (Å²) in [5, 5.41) is 0.0293. The summed E-state index contributed by atoms with van der Waals surface area (Å²) in [6, 6.07) is 4.14. The first-order valence-corrected chi connectivity index (χ1v) is 12.3. The Kier molecular flexibility index (Phi) is 8.70. The summed E-state index contributed by atoms with van der Waals surface area (Å²) in [6.07, 6.45) is 2.88. The fraction of sp³-hybridized carbons (Fsp3) is 0.619. The molecule has 0 spiro atoms. The minimum Gasteiger partial charge on any atom is -0.449 e. The highest BCUT2D eigenvalue weighted by molar-refractivity contribution is 7.89. The molecule has 0 N–H and O–H groups in total. The highest BCUT2D eigenvalue weighted by Crippen LogP contribution is 2.27. The molecule has 1 fully saturated rings. The molecule has 2 rings (SSSR count). The maximum absolute atomic E-state index is 12.8. The lowest BCUT2D eigenvalue weighted by molar-refractivity contribution is -0.143. The first-order chi connectivity index (χ1) is 14.2. The number of halogens is 1. The van der Waals surface area contributed by atoms with Crippen molar-refractivity contribution >= 4 is 33.5 Å². The van der Waals surface area contributed by atoms with Crippen molar-refractivity contribution in [3.05, 3.63) is 28.8 Å². The molecule has 1 aromatic rings. The summed E-state index contributed by atoms with van der Waals surface area (Å²) in [7, 11) is -3.84. The molecule has 1 aromatic carbocycles. The van der Waals surface area contributed by atoms with E-state index in [1.165, 1.54) is 22.5 Å². The van der Waals surface area contributed by atoms with Gasteiger partial charge in [-0.1, -0.05) is 32.4 Å². The largest absolute Gasteiger partial charge is 0.449 e. The summed E-state index contributed by atoms with van der Waals surface area (Å²) in [5.74, 6) is -0.978. The fourth-order valence-electron chi connectivity index (χ4n) is 3.76. The first-order valence-electron chi connectivity index (χ1n) is 10.5. The quantitative estimate of drug-likeness (QED) is 0.554. The zero-order chi connectivity index (χ0) is 22.5. The second-order valence-electron chi connectivity index (χ2n) is 7.37. The van der Waals surface area contributed by atoms with Gasteiger partial charge in [-0.15, -0.1) is 0 Å². The molecule has 0 aliphatic carbocycles. The molecule has 2 unspecified atom stereocenters. The van der Waals surface area contributed by atoms with Crippen molar-refractivity contribution in [2.24, 2.45) is 0 Å². The average molecular weight is 459 g/mol. The smallest absolute Gasteiger partial charge is 0.338 e. The van der Waals surface area contributed by atoms with Crippen LogP contribution in [0.2, 0.25) is 5.02 Å². The molecule has 0 bridgehead atoms. The van der Waals surface area contributed by atoms with Crippen molar-refractivity contribution in [3.63, 3.8) is 0 Å². The van der Waals surface area contributed by atoms with E-state index < -0.39 is 22.1 Å². The summed E-state index contributed by atoms with van der Waals surface area (Å²) in [6.45, 7) is 8.26. The number of nitrogens with zero attached hydrogens (tertiary/aromatic N) is 2. The van der Waals surface area contributed by atoms with Gasteiger partial charge in [0.05, 0.1) is 10.6 Å². The van der Waals surface area contributed by atoms with Crippen LogP contribution in [0.3, 0.4) is 0 Å². The molecule has 1 aliphatic heterocycles. The van der Waals surface area contributed by atoms with Crippen LogP contribution in [0.4, 0.5) is 0 Å². The average Bonchev–Trinajstić information content (AvgIpc) is 2.73. The van der Waals surface area contributed by atoms with Crippen molar-refractivity contribution in [3.8, 4) is 0 Å². The molecule has 1 amide bonds. The third-order valence-electron chi connectivity index (χ3n) is 5.50. The van der Waals surface area contributed by atoms with Gasteiger partial charge in [-0.2, -0.15) is 4.31 Å². The molecule has 1 aliphatic rings. The minimum absolute atomic E-state index is 0.0293. The molecule has 9 heteroatoms. The van der Waals surface area contributed by atoms with Gasteiger partial charge in [0.1, 0.15) is 4.90 Å². The molecular formula is C21H31ClN2O5S. The van der Waals surface area contributed by atoms with E-state index in [-0.39, 0.29) is 40.5 Å². The number of sulfonamides is 1. The van der Waals surface area contributed by atoms with Crippen molar-refractivity contribution in [1.82, 2.24) is 9.21 Å². The topological polar surface area (TPSA) is 84.0 Å². The zero-order valence-electron chi connectivity index (χ0n) is 18.1. The third kappa shape index (κ3) is 5.34. The Hall–Kier alpha value is -1.64. The zero-order valence-corrected chi connectivity index (χ0v) is 19.6. The molecule has 168 valence electrons. The van der Waals surface area contributed by atoms with Crippen LogP contribution in [-0.2, 0) is 19.6 Å². The van der Waals surface area contributed by atoms with Crippen LogP contribution in [-0.4, -0.2) is 61.3 Å². The SMILES string of the molecule is CCC1CCCCN1C(=O)C(C)OC(=O)c1ccc(Cl)c(S(=O)(=O)N(CC)CC)c1. The van der Waals surface area contributed by atoms with Gasteiger partial charge in [0.2, 0.25) is 10.0 Å². The van der Waals surface area contributed by atoms with Gasteiger partial charge in [-0.3, -0.25) is 4.79 Å². The van der Waals surface area contributed by atoms with Gasteiger partial charge in [0.15, 0.2) is 6.10 Å². The van der Waals surface area contributed by atoms with Crippen LogP contribution < -0.4 is 0 Å². The number of benzene rings is 1. The van der Waals surface area contributed by atoms with E-state index >= 15 is 0 Å².